The van der Waals surface area contributed by atoms with Crippen molar-refractivity contribution in [2.24, 2.45) is 17.8 Å². The molecule has 0 radical (unpaired) electrons. The van der Waals surface area contributed by atoms with Gasteiger partial charge in [0.2, 0.25) is 17.7 Å². The van der Waals surface area contributed by atoms with Crippen molar-refractivity contribution in [3.05, 3.63) is 24.3 Å². The number of anilines is 1. The summed E-state index contributed by atoms with van der Waals surface area (Å²) in [4.78, 5) is 42.2. The topological polar surface area (TPSA) is 117 Å². The minimum atomic E-state index is -1.12. The van der Waals surface area contributed by atoms with Gasteiger partial charge in [0.05, 0.1) is 37.2 Å². The predicted molar refractivity (Wildman–Crippen MR) is 125 cm³/mol. The monoisotopic (exact) mass is 473 g/mol. The van der Waals surface area contributed by atoms with E-state index in [-0.39, 0.29) is 30.2 Å². The molecule has 1 aromatic rings. The molecule has 3 amide bonds. The third-order valence-corrected chi connectivity index (χ3v) is 7.70. The Morgan fingerprint density at radius 2 is 1.91 bits per heavy atom. The first-order valence-electron chi connectivity index (χ1n) is 11.9. The van der Waals surface area contributed by atoms with Gasteiger partial charge >= 0.3 is 0 Å². The smallest absolute Gasteiger partial charge is 0.250 e. The first-order valence-corrected chi connectivity index (χ1v) is 11.9. The highest BCUT2D eigenvalue weighted by Crippen LogP contribution is 2.63. The number of likely N-dealkylation sites (tertiary alicyclic amines) is 1. The fourth-order valence-corrected chi connectivity index (χ4v) is 6.32. The molecular weight excluding hydrogens is 438 g/mol. The Balaban J connectivity index is 1.76. The molecule has 3 fully saturated rings. The molecule has 34 heavy (non-hydrogen) atoms. The van der Waals surface area contributed by atoms with Crippen molar-refractivity contribution < 1.29 is 29.0 Å². The Bertz CT molecular complexity index is 966. The van der Waals surface area contributed by atoms with E-state index in [1.807, 2.05) is 20.8 Å². The summed E-state index contributed by atoms with van der Waals surface area (Å²) in [6.07, 6.45) is 1.59. The first-order chi connectivity index (χ1) is 16.1. The lowest BCUT2D eigenvalue weighted by atomic mass is 9.66. The molecule has 0 aliphatic carbocycles. The lowest BCUT2D eigenvalue weighted by molar-refractivity contribution is -0.148. The van der Waals surface area contributed by atoms with E-state index in [2.05, 4.69) is 10.6 Å². The van der Waals surface area contributed by atoms with Gasteiger partial charge in [0.25, 0.3) is 0 Å². The van der Waals surface area contributed by atoms with Crippen LogP contribution in [0.25, 0.3) is 0 Å². The third-order valence-electron chi connectivity index (χ3n) is 7.70. The molecule has 2 unspecified atom stereocenters. The number of nitrogens with one attached hydrogen (secondary N) is 2. The largest absolute Gasteiger partial charge is 0.497 e. The fourth-order valence-electron chi connectivity index (χ4n) is 6.32. The average Bonchev–Trinajstić information content (AvgIpc) is 3.38. The SMILES string of the molecule is CNC(=O)[C@H]1[C@H]2C(=O)N([C@@H](CO)CC(C)C)C(C(=O)Nc3ccc(OC)cc3)C23CC[C@]1(C)O3. The van der Waals surface area contributed by atoms with Crippen LogP contribution in [0.1, 0.15) is 40.0 Å². The molecule has 1 aromatic carbocycles. The van der Waals surface area contributed by atoms with Crippen molar-refractivity contribution >= 4 is 23.4 Å². The predicted octanol–water partition coefficient (Wildman–Crippen LogP) is 1.55. The van der Waals surface area contributed by atoms with Crippen molar-refractivity contribution in [3.63, 3.8) is 0 Å². The van der Waals surface area contributed by atoms with E-state index >= 15 is 0 Å². The summed E-state index contributed by atoms with van der Waals surface area (Å²) in [6.45, 7) is 5.59. The Morgan fingerprint density at radius 1 is 1.24 bits per heavy atom. The Labute approximate surface area is 200 Å². The van der Waals surface area contributed by atoms with Gasteiger partial charge in [-0.2, -0.15) is 0 Å². The number of carbonyl (C=O) groups excluding carboxylic acids is 3. The number of nitrogens with zero attached hydrogens (tertiary/aromatic N) is 1. The zero-order valence-corrected chi connectivity index (χ0v) is 20.5. The Morgan fingerprint density at radius 3 is 2.47 bits per heavy atom. The summed E-state index contributed by atoms with van der Waals surface area (Å²) < 4.78 is 11.7. The first kappa shape index (κ1) is 24.5. The lowest BCUT2D eigenvalue weighted by Gasteiger charge is -2.37. The second kappa shape index (κ2) is 8.85. The molecule has 186 valence electrons. The highest BCUT2D eigenvalue weighted by molar-refractivity contribution is 6.03. The van der Waals surface area contributed by atoms with Crippen LogP contribution in [0.15, 0.2) is 24.3 Å². The summed E-state index contributed by atoms with van der Waals surface area (Å²) in [5.41, 5.74) is -1.38. The van der Waals surface area contributed by atoms with Crippen LogP contribution in [0.5, 0.6) is 5.75 Å². The van der Waals surface area contributed by atoms with Crippen molar-refractivity contribution in [2.45, 2.75) is 63.3 Å². The minimum absolute atomic E-state index is 0.192. The molecule has 2 bridgehead atoms. The summed E-state index contributed by atoms with van der Waals surface area (Å²) in [5.74, 6) is -1.57. The highest BCUT2D eigenvalue weighted by Gasteiger charge is 2.78. The minimum Gasteiger partial charge on any atom is -0.497 e. The molecule has 1 spiro atoms. The fraction of sp³-hybridized carbons (Fsp3) is 0.640. The molecule has 9 nitrogen and oxygen atoms in total. The quantitative estimate of drug-likeness (QED) is 0.528. The van der Waals surface area contributed by atoms with Gasteiger partial charge in [-0.3, -0.25) is 14.4 Å². The summed E-state index contributed by atoms with van der Waals surface area (Å²) >= 11 is 0. The molecule has 3 saturated heterocycles. The van der Waals surface area contributed by atoms with Gasteiger partial charge < -0.3 is 30.1 Å². The third kappa shape index (κ3) is 3.65. The molecule has 4 rings (SSSR count). The number of carbonyl (C=O) groups is 3. The van der Waals surface area contributed by atoms with Crippen molar-refractivity contribution in [2.75, 3.05) is 26.1 Å². The normalized spacial score (nSPS) is 32.6. The van der Waals surface area contributed by atoms with Crippen LogP contribution in [0.3, 0.4) is 0 Å². The van der Waals surface area contributed by atoms with Gasteiger partial charge in [-0.15, -0.1) is 0 Å². The number of rotatable bonds is 8. The standard InChI is InChI=1S/C25H35N3O6/c1-14(2)12-16(13-29)28-20(22(31)27-15-6-8-17(33-5)9-7-15)25-11-10-24(3,34-25)18(21(30)26-4)19(25)23(28)32/h6-9,14,16,18-20,29H,10-13H2,1-5H3,(H,26,30)(H,27,31)/t16-,18-,19+,20?,24+,25?/m1/s1. The molecule has 0 saturated carbocycles. The molecule has 3 N–H and O–H groups in total. The number of aliphatic hydroxyl groups excluding tert-OH is 1. The zero-order chi connectivity index (χ0) is 24.8. The van der Waals surface area contributed by atoms with Crippen LogP contribution in [0, 0.1) is 17.8 Å². The number of hydrogen-bond acceptors (Lipinski definition) is 6. The van der Waals surface area contributed by atoms with Gasteiger partial charge in [-0.05, 0) is 56.4 Å². The zero-order valence-electron chi connectivity index (χ0n) is 20.5. The van der Waals surface area contributed by atoms with Gasteiger partial charge in [0, 0.05) is 12.7 Å². The van der Waals surface area contributed by atoms with Gasteiger partial charge in [0.1, 0.15) is 17.4 Å². The summed E-state index contributed by atoms with van der Waals surface area (Å²) in [7, 11) is 3.11. The van der Waals surface area contributed by atoms with E-state index < -0.39 is 35.1 Å². The van der Waals surface area contributed by atoms with E-state index in [4.69, 9.17) is 9.47 Å². The van der Waals surface area contributed by atoms with Gasteiger partial charge in [-0.1, -0.05) is 13.8 Å². The molecule has 3 aliphatic rings. The maximum Gasteiger partial charge on any atom is 0.250 e. The van der Waals surface area contributed by atoms with E-state index in [1.165, 1.54) is 4.90 Å². The van der Waals surface area contributed by atoms with Gasteiger partial charge in [0.15, 0.2) is 0 Å². The van der Waals surface area contributed by atoms with Gasteiger partial charge in [-0.25, -0.2) is 0 Å². The van der Waals surface area contributed by atoms with Crippen LogP contribution in [0.4, 0.5) is 5.69 Å². The average molecular weight is 474 g/mol. The number of methoxy groups -OCH3 is 1. The van der Waals surface area contributed by atoms with Crippen molar-refractivity contribution in [1.29, 1.82) is 0 Å². The molecule has 3 heterocycles. The maximum atomic E-state index is 13.9. The Hall–Kier alpha value is -2.65. The van der Waals surface area contributed by atoms with E-state index in [0.29, 0.717) is 30.7 Å². The van der Waals surface area contributed by atoms with Crippen LogP contribution in [-0.4, -0.2) is 71.8 Å². The summed E-state index contributed by atoms with van der Waals surface area (Å²) in [5, 5.41) is 15.9. The number of fused-ring (bicyclic) bond motifs is 1. The number of aliphatic hydroxyl groups is 1. The second-order valence-corrected chi connectivity index (χ2v) is 10.3. The Kier molecular flexibility index (Phi) is 6.37. The number of benzene rings is 1. The van der Waals surface area contributed by atoms with E-state index in [1.54, 1.807) is 38.4 Å². The highest BCUT2D eigenvalue weighted by atomic mass is 16.5. The van der Waals surface area contributed by atoms with Crippen LogP contribution < -0.4 is 15.4 Å². The summed E-state index contributed by atoms with van der Waals surface area (Å²) in [6, 6.07) is 5.42. The van der Waals surface area contributed by atoms with Crippen LogP contribution in [0.2, 0.25) is 0 Å². The molecule has 3 aliphatic heterocycles. The molecule has 6 atom stereocenters. The number of ether oxygens (including phenoxy) is 2. The molecule has 0 aromatic heterocycles. The van der Waals surface area contributed by atoms with Crippen LogP contribution in [-0.2, 0) is 19.1 Å². The van der Waals surface area contributed by atoms with E-state index in [9.17, 15) is 19.5 Å². The number of amides is 3. The van der Waals surface area contributed by atoms with Crippen molar-refractivity contribution in [3.8, 4) is 5.75 Å². The lowest BCUT2D eigenvalue weighted by Crippen LogP contribution is -2.56. The van der Waals surface area contributed by atoms with Crippen LogP contribution >= 0.6 is 0 Å². The number of hydrogen-bond donors (Lipinski definition) is 3. The van der Waals surface area contributed by atoms with Crippen molar-refractivity contribution in [1.82, 2.24) is 10.2 Å². The molecular formula is C25H35N3O6. The van der Waals surface area contributed by atoms with E-state index in [0.717, 1.165) is 0 Å². The second-order valence-electron chi connectivity index (χ2n) is 10.3. The molecule has 9 heteroatoms. The maximum absolute atomic E-state index is 13.9.